The zero-order chi connectivity index (χ0) is 13.6. The summed E-state index contributed by atoms with van der Waals surface area (Å²) in [6, 6.07) is 0. The average molecular weight is 240 g/mol. The molecule has 0 aromatic carbocycles. The van der Waals surface area contributed by atoms with Gasteiger partial charge in [-0.15, -0.1) is 0 Å². The SMILES string of the molecule is C=C(C)C(=O)C(=C)C(=O)OC(CC=O)C(C)O. The standard InChI is InChI=1S/C12H16O5/c1-7(2)11(15)8(3)12(16)17-10(5-6-13)9(4)14/h6,9-10,14H,1,3,5H2,2,4H3. The van der Waals surface area contributed by atoms with Gasteiger partial charge in [-0.3, -0.25) is 4.79 Å². The fraction of sp³-hybridized carbons (Fsp3) is 0.417. The highest BCUT2D eigenvalue weighted by Crippen LogP contribution is 2.09. The van der Waals surface area contributed by atoms with Crippen molar-refractivity contribution in [1.82, 2.24) is 0 Å². The predicted octanol–water partition coefficient (Wildman–Crippen LogP) is 0.569. The second kappa shape index (κ2) is 6.75. The summed E-state index contributed by atoms with van der Waals surface area (Å²) in [6.07, 6.45) is -1.60. The molecular formula is C12H16O5. The van der Waals surface area contributed by atoms with Gasteiger partial charge in [0.15, 0.2) is 5.78 Å². The molecule has 2 unspecified atom stereocenters. The minimum Gasteiger partial charge on any atom is -0.455 e. The third-order valence-electron chi connectivity index (χ3n) is 2.03. The minimum atomic E-state index is -1.00. The van der Waals surface area contributed by atoms with E-state index < -0.39 is 24.0 Å². The van der Waals surface area contributed by atoms with Crippen LogP contribution in [0.1, 0.15) is 20.3 Å². The summed E-state index contributed by atoms with van der Waals surface area (Å²) in [4.78, 5) is 33.1. The number of allylic oxidation sites excluding steroid dienone is 1. The van der Waals surface area contributed by atoms with Crippen LogP contribution in [-0.4, -0.2) is 35.4 Å². The maximum absolute atomic E-state index is 11.5. The number of Topliss-reactive ketones (excluding diaryl/α,β-unsaturated/α-hetero) is 1. The van der Waals surface area contributed by atoms with Gasteiger partial charge in [0, 0.05) is 6.42 Å². The van der Waals surface area contributed by atoms with Gasteiger partial charge in [0.25, 0.3) is 0 Å². The number of rotatable bonds is 7. The van der Waals surface area contributed by atoms with E-state index in [0.29, 0.717) is 6.29 Å². The lowest BCUT2D eigenvalue weighted by atomic mass is 10.1. The quantitative estimate of drug-likeness (QED) is 0.231. The molecule has 0 heterocycles. The Morgan fingerprint density at radius 2 is 1.94 bits per heavy atom. The number of hydrogen-bond acceptors (Lipinski definition) is 5. The van der Waals surface area contributed by atoms with Crippen LogP contribution in [-0.2, 0) is 19.1 Å². The molecule has 5 heteroatoms. The van der Waals surface area contributed by atoms with Crippen molar-refractivity contribution in [2.24, 2.45) is 0 Å². The molecule has 0 spiro atoms. The molecule has 0 aromatic rings. The number of hydrogen-bond donors (Lipinski definition) is 1. The van der Waals surface area contributed by atoms with Crippen LogP contribution in [0.25, 0.3) is 0 Å². The van der Waals surface area contributed by atoms with Crippen molar-refractivity contribution < 1.29 is 24.2 Å². The van der Waals surface area contributed by atoms with Crippen LogP contribution in [0.3, 0.4) is 0 Å². The van der Waals surface area contributed by atoms with Crippen molar-refractivity contribution in [2.45, 2.75) is 32.5 Å². The van der Waals surface area contributed by atoms with Crippen molar-refractivity contribution in [2.75, 3.05) is 0 Å². The second-order valence-electron chi connectivity index (χ2n) is 3.67. The van der Waals surface area contributed by atoms with E-state index in [9.17, 15) is 19.5 Å². The molecule has 2 atom stereocenters. The molecule has 0 aliphatic heterocycles. The Morgan fingerprint density at radius 3 is 2.29 bits per heavy atom. The van der Waals surface area contributed by atoms with Crippen LogP contribution < -0.4 is 0 Å². The summed E-state index contributed by atoms with van der Waals surface area (Å²) in [5, 5.41) is 9.25. The molecule has 0 amide bonds. The van der Waals surface area contributed by atoms with Crippen LogP contribution in [0.5, 0.6) is 0 Å². The van der Waals surface area contributed by atoms with E-state index in [-0.39, 0.29) is 17.6 Å². The Kier molecular flexibility index (Phi) is 6.06. The largest absolute Gasteiger partial charge is 0.455 e. The molecule has 0 aliphatic rings. The van der Waals surface area contributed by atoms with Crippen LogP contribution in [0.15, 0.2) is 24.3 Å². The number of aliphatic hydroxyl groups is 1. The molecule has 5 nitrogen and oxygen atoms in total. The van der Waals surface area contributed by atoms with Crippen molar-refractivity contribution in [3.63, 3.8) is 0 Å². The third-order valence-corrected chi connectivity index (χ3v) is 2.03. The summed E-state index contributed by atoms with van der Waals surface area (Å²) < 4.78 is 4.80. The fourth-order valence-corrected chi connectivity index (χ4v) is 0.997. The molecule has 17 heavy (non-hydrogen) atoms. The number of carbonyl (C=O) groups is 3. The van der Waals surface area contributed by atoms with Gasteiger partial charge in [-0.25, -0.2) is 4.79 Å². The highest BCUT2D eigenvalue weighted by molar-refractivity contribution is 6.23. The zero-order valence-corrected chi connectivity index (χ0v) is 9.93. The number of carbonyl (C=O) groups excluding carboxylic acids is 3. The van der Waals surface area contributed by atoms with Gasteiger partial charge in [0.05, 0.1) is 6.10 Å². The van der Waals surface area contributed by atoms with E-state index >= 15 is 0 Å². The van der Waals surface area contributed by atoms with E-state index in [1.165, 1.54) is 13.8 Å². The molecule has 0 bridgehead atoms. The maximum atomic E-state index is 11.5. The zero-order valence-electron chi connectivity index (χ0n) is 9.93. The van der Waals surface area contributed by atoms with Crippen molar-refractivity contribution in [3.05, 3.63) is 24.3 Å². The molecule has 0 aliphatic carbocycles. The van der Waals surface area contributed by atoms with Crippen LogP contribution >= 0.6 is 0 Å². The average Bonchev–Trinajstić information content (AvgIpc) is 2.25. The Balaban J connectivity index is 4.61. The molecule has 0 rings (SSSR count). The molecule has 0 saturated heterocycles. The molecular weight excluding hydrogens is 224 g/mol. The lowest BCUT2D eigenvalue weighted by molar-refractivity contribution is -0.151. The van der Waals surface area contributed by atoms with Gasteiger partial charge in [-0.2, -0.15) is 0 Å². The third kappa shape index (κ3) is 4.74. The minimum absolute atomic E-state index is 0.141. The topological polar surface area (TPSA) is 80.7 Å². The van der Waals surface area contributed by atoms with Gasteiger partial charge in [-0.1, -0.05) is 13.2 Å². The summed E-state index contributed by atoms with van der Waals surface area (Å²) >= 11 is 0. The van der Waals surface area contributed by atoms with E-state index in [1.54, 1.807) is 0 Å². The molecule has 0 radical (unpaired) electrons. The van der Waals surface area contributed by atoms with Crippen molar-refractivity contribution in [1.29, 1.82) is 0 Å². The normalized spacial score (nSPS) is 13.4. The maximum Gasteiger partial charge on any atom is 0.341 e. The smallest absolute Gasteiger partial charge is 0.341 e. The Bertz CT molecular complexity index is 354. The predicted molar refractivity (Wildman–Crippen MR) is 61.2 cm³/mol. The number of aliphatic hydroxyl groups excluding tert-OH is 1. The lowest BCUT2D eigenvalue weighted by Crippen LogP contribution is -2.31. The monoisotopic (exact) mass is 240 g/mol. The number of esters is 1. The highest BCUT2D eigenvalue weighted by Gasteiger charge is 2.24. The second-order valence-corrected chi connectivity index (χ2v) is 3.67. The van der Waals surface area contributed by atoms with E-state index in [1.807, 2.05) is 0 Å². The summed E-state index contributed by atoms with van der Waals surface area (Å²) in [6.45, 7) is 9.50. The number of ether oxygens (including phenoxy) is 1. The molecule has 94 valence electrons. The van der Waals surface area contributed by atoms with Crippen LogP contribution in [0.2, 0.25) is 0 Å². The van der Waals surface area contributed by atoms with Gasteiger partial charge in [0.2, 0.25) is 0 Å². The van der Waals surface area contributed by atoms with Crippen molar-refractivity contribution in [3.8, 4) is 0 Å². The summed E-state index contributed by atoms with van der Waals surface area (Å²) in [5.74, 6) is -1.56. The van der Waals surface area contributed by atoms with Crippen molar-refractivity contribution >= 4 is 18.0 Å². The highest BCUT2D eigenvalue weighted by atomic mass is 16.6. The number of ketones is 1. The van der Waals surface area contributed by atoms with Crippen LogP contribution in [0, 0.1) is 0 Å². The van der Waals surface area contributed by atoms with E-state index in [0.717, 1.165) is 0 Å². The first-order chi connectivity index (χ1) is 7.81. The molecule has 0 fully saturated rings. The van der Waals surface area contributed by atoms with E-state index in [4.69, 9.17) is 4.74 Å². The van der Waals surface area contributed by atoms with Gasteiger partial charge < -0.3 is 14.6 Å². The van der Waals surface area contributed by atoms with E-state index in [2.05, 4.69) is 13.2 Å². The van der Waals surface area contributed by atoms with Gasteiger partial charge in [0.1, 0.15) is 18.0 Å². The molecule has 0 saturated carbocycles. The van der Waals surface area contributed by atoms with Gasteiger partial charge in [-0.05, 0) is 19.4 Å². The van der Waals surface area contributed by atoms with Crippen LogP contribution in [0.4, 0.5) is 0 Å². The molecule has 1 N–H and O–H groups in total. The fourth-order valence-electron chi connectivity index (χ4n) is 0.997. The Morgan fingerprint density at radius 1 is 1.41 bits per heavy atom. The summed E-state index contributed by atoms with van der Waals surface area (Å²) in [7, 11) is 0. The Hall–Kier alpha value is -1.75. The first kappa shape index (κ1) is 15.2. The Labute approximate surface area is 99.8 Å². The first-order valence-electron chi connectivity index (χ1n) is 5.03. The first-order valence-corrected chi connectivity index (χ1v) is 5.03. The van der Waals surface area contributed by atoms with Gasteiger partial charge >= 0.3 is 5.97 Å². The lowest BCUT2D eigenvalue weighted by Gasteiger charge is -2.18. The summed E-state index contributed by atoms with van der Waals surface area (Å²) in [5.41, 5.74) is -0.204. The molecule has 0 aromatic heterocycles. The number of aldehydes is 1.